The number of benzene rings is 1. The molecule has 0 spiro atoms. The Labute approximate surface area is 109 Å². The van der Waals surface area contributed by atoms with E-state index in [-0.39, 0.29) is 0 Å². The van der Waals surface area contributed by atoms with Crippen LogP contribution < -0.4 is 5.32 Å². The number of hydrogen-bond donors (Lipinski definition) is 2. The van der Waals surface area contributed by atoms with Crippen LogP contribution in [0.1, 0.15) is 11.3 Å². The fraction of sp³-hybridized carbons (Fsp3) is 0.167. The number of aryl methyl sites for hydroxylation is 1. The third-order valence-electron chi connectivity index (χ3n) is 2.83. The monoisotopic (exact) mass is 255 g/mol. The van der Waals surface area contributed by atoms with Crippen molar-refractivity contribution in [1.29, 1.82) is 0 Å². The number of hydrogen-bond acceptors (Lipinski definition) is 5. The van der Waals surface area contributed by atoms with Crippen LogP contribution in [-0.4, -0.2) is 30.2 Å². The van der Waals surface area contributed by atoms with Crippen LogP contribution in [0.3, 0.4) is 0 Å². The third kappa shape index (κ3) is 2.44. The summed E-state index contributed by atoms with van der Waals surface area (Å²) in [6, 6.07) is 6.05. The average molecular weight is 255 g/mol. The molecule has 19 heavy (non-hydrogen) atoms. The molecule has 0 bridgehead atoms. The highest BCUT2D eigenvalue weighted by Crippen LogP contribution is 2.18. The maximum absolute atomic E-state index is 3.98. The number of rotatable bonds is 4. The minimum Gasteiger partial charge on any atom is -0.379 e. The lowest BCUT2D eigenvalue weighted by Crippen LogP contribution is -2.02. The van der Waals surface area contributed by atoms with E-state index in [1.807, 2.05) is 19.1 Å². The Balaban J connectivity index is 1.76. The summed E-state index contributed by atoms with van der Waals surface area (Å²) in [6.45, 7) is 2.74. The SMILES string of the molecule is Cc1cc(NCc2cnc[nH]2)ccc1-n1cnnn1. The highest BCUT2D eigenvalue weighted by Gasteiger charge is 2.03. The second kappa shape index (κ2) is 4.89. The minimum atomic E-state index is 0.712. The summed E-state index contributed by atoms with van der Waals surface area (Å²) in [5.41, 5.74) is 4.16. The Morgan fingerprint density at radius 2 is 2.32 bits per heavy atom. The van der Waals surface area contributed by atoms with Crippen LogP contribution in [-0.2, 0) is 6.54 Å². The van der Waals surface area contributed by atoms with Crippen molar-refractivity contribution < 1.29 is 0 Å². The molecule has 0 aliphatic carbocycles. The second-order valence-corrected chi connectivity index (χ2v) is 4.19. The molecule has 2 N–H and O–H groups in total. The van der Waals surface area contributed by atoms with Gasteiger partial charge >= 0.3 is 0 Å². The highest BCUT2D eigenvalue weighted by molar-refractivity contribution is 5.53. The number of anilines is 1. The zero-order valence-corrected chi connectivity index (χ0v) is 10.4. The molecule has 2 heterocycles. The summed E-state index contributed by atoms with van der Waals surface area (Å²) in [4.78, 5) is 7.03. The molecule has 0 amide bonds. The van der Waals surface area contributed by atoms with Crippen molar-refractivity contribution in [2.45, 2.75) is 13.5 Å². The highest BCUT2D eigenvalue weighted by atomic mass is 15.5. The molecule has 0 radical (unpaired) electrons. The van der Waals surface area contributed by atoms with E-state index in [9.17, 15) is 0 Å². The molecule has 1 aromatic carbocycles. The van der Waals surface area contributed by atoms with Gasteiger partial charge in [0.1, 0.15) is 6.33 Å². The van der Waals surface area contributed by atoms with Crippen LogP contribution in [0, 0.1) is 6.92 Å². The van der Waals surface area contributed by atoms with Gasteiger partial charge in [0.2, 0.25) is 0 Å². The third-order valence-corrected chi connectivity index (χ3v) is 2.83. The molecular weight excluding hydrogens is 242 g/mol. The van der Waals surface area contributed by atoms with Gasteiger partial charge in [-0.05, 0) is 41.1 Å². The average Bonchev–Trinajstić information content (AvgIpc) is 3.10. The molecule has 0 fully saturated rings. The van der Waals surface area contributed by atoms with Gasteiger partial charge in [0.15, 0.2) is 0 Å². The first-order valence-corrected chi connectivity index (χ1v) is 5.88. The Hall–Kier alpha value is -2.70. The topological polar surface area (TPSA) is 84.3 Å². The van der Waals surface area contributed by atoms with E-state index in [1.165, 1.54) is 0 Å². The van der Waals surface area contributed by atoms with Crippen molar-refractivity contribution in [1.82, 2.24) is 30.2 Å². The van der Waals surface area contributed by atoms with Gasteiger partial charge in [-0.2, -0.15) is 0 Å². The van der Waals surface area contributed by atoms with Crippen LogP contribution in [0.15, 0.2) is 37.1 Å². The second-order valence-electron chi connectivity index (χ2n) is 4.19. The zero-order valence-electron chi connectivity index (χ0n) is 10.4. The number of tetrazole rings is 1. The Morgan fingerprint density at radius 1 is 1.37 bits per heavy atom. The smallest absolute Gasteiger partial charge is 0.143 e. The first-order chi connectivity index (χ1) is 9.33. The molecule has 0 saturated carbocycles. The lowest BCUT2D eigenvalue weighted by Gasteiger charge is -2.09. The summed E-state index contributed by atoms with van der Waals surface area (Å²) in [5, 5.41) is 14.5. The van der Waals surface area contributed by atoms with Crippen LogP contribution in [0.4, 0.5) is 5.69 Å². The van der Waals surface area contributed by atoms with Crippen LogP contribution in [0.2, 0.25) is 0 Å². The molecule has 3 rings (SSSR count). The van der Waals surface area contributed by atoms with Gasteiger partial charge in [-0.15, -0.1) is 5.10 Å². The number of nitrogens with one attached hydrogen (secondary N) is 2. The van der Waals surface area contributed by atoms with Crippen molar-refractivity contribution in [3.63, 3.8) is 0 Å². The van der Waals surface area contributed by atoms with Gasteiger partial charge in [-0.3, -0.25) is 0 Å². The summed E-state index contributed by atoms with van der Waals surface area (Å²) in [5.74, 6) is 0. The van der Waals surface area contributed by atoms with E-state index < -0.39 is 0 Å². The van der Waals surface area contributed by atoms with Gasteiger partial charge < -0.3 is 10.3 Å². The number of H-pyrrole nitrogens is 1. The lowest BCUT2D eigenvalue weighted by atomic mass is 10.2. The lowest BCUT2D eigenvalue weighted by molar-refractivity contribution is 0.785. The van der Waals surface area contributed by atoms with Crippen molar-refractivity contribution in [2.75, 3.05) is 5.32 Å². The quantitative estimate of drug-likeness (QED) is 0.734. The van der Waals surface area contributed by atoms with Gasteiger partial charge in [-0.1, -0.05) is 0 Å². The Bertz CT molecular complexity index is 643. The van der Waals surface area contributed by atoms with Crippen molar-refractivity contribution in [2.24, 2.45) is 0 Å². The molecule has 7 heteroatoms. The summed E-state index contributed by atoms with van der Waals surface area (Å²) in [6.07, 6.45) is 5.05. The van der Waals surface area contributed by atoms with Crippen LogP contribution >= 0.6 is 0 Å². The van der Waals surface area contributed by atoms with Gasteiger partial charge in [0.05, 0.1) is 24.3 Å². The zero-order chi connectivity index (χ0) is 13.1. The van der Waals surface area contributed by atoms with E-state index in [1.54, 1.807) is 23.5 Å². The van der Waals surface area contributed by atoms with E-state index >= 15 is 0 Å². The molecule has 0 saturated heterocycles. The first-order valence-electron chi connectivity index (χ1n) is 5.88. The number of aromatic amines is 1. The number of aromatic nitrogens is 6. The van der Waals surface area contributed by atoms with E-state index in [2.05, 4.69) is 36.9 Å². The fourth-order valence-corrected chi connectivity index (χ4v) is 1.87. The fourth-order valence-electron chi connectivity index (χ4n) is 1.87. The Morgan fingerprint density at radius 3 is 3.00 bits per heavy atom. The van der Waals surface area contributed by atoms with Crippen molar-refractivity contribution >= 4 is 5.69 Å². The predicted molar refractivity (Wildman–Crippen MR) is 69.8 cm³/mol. The van der Waals surface area contributed by atoms with E-state index in [0.717, 1.165) is 22.6 Å². The normalized spacial score (nSPS) is 10.6. The standard InChI is InChI=1S/C12H13N7/c1-9-4-10(14-6-11-5-13-7-15-11)2-3-12(9)19-8-16-17-18-19/h2-5,7-8,14H,6H2,1H3,(H,13,15). The van der Waals surface area contributed by atoms with Gasteiger partial charge in [0.25, 0.3) is 0 Å². The number of imidazole rings is 1. The molecule has 0 aliphatic rings. The van der Waals surface area contributed by atoms with Gasteiger partial charge in [0, 0.05) is 11.9 Å². The van der Waals surface area contributed by atoms with E-state index in [4.69, 9.17) is 0 Å². The first kappa shape index (κ1) is 11.4. The molecular formula is C12H13N7. The summed E-state index contributed by atoms with van der Waals surface area (Å²) < 4.78 is 1.65. The molecule has 0 unspecified atom stereocenters. The molecule has 2 aromatic heterocycles. The molecule has 96 valence electrons. The van der Waals surface area contributed by atoms with Crippen LogP contribution in [0.5, 0.6) is 0 Å². The minimum absolute atomic E-state index is 0.712. The summed E-state index contributed by atoms with van der Waals surface area (Å²) >= 11 is 0. The largest absolute Gasteiger partial charge is 0.379 e. The maximum atomic E-state index is 3.98. The maximum Gasteiger partial charge on any atom is 0.143 e. The van der Waals surface area contributed by atoms with E-state index in [0.29, 0.717) is 6.54 Å². The van der Waals surface area contributed by atoms with Crippen LogP contribution in [0.25, 0.3) is 5.69 Å². The molecule has 0 atom stereocenters. The van der Waals surface area contributed by atoms with Crippen molar-refractivity contribution in [3.8, 4) is 5.69 Å². The number of nitrogens with zero attached hydrogens (tertiary/aromatic N) is 5. The van der Waals surface area contributed by atoms with Crippen molar-refractivity contribution in [3.05, 3.63) is 48.3 Å². The molecule has 7 nitrogen and oxygen atoms in total. The van der Waals surface area contributed by atoms with Gasteiger partial charge in [-0.25, -0.2) is 9.67 Å². The molecule has 3 aromatic rings. The predicted octanol–water partition coefficient (Wildman–Crippen LogP) is 1.31. The molecule has 0 aliphatic heterocycles. The Kier molecular flexibility index (Phi) is 2.93. The summed E-state index contributed by atoms with van der Waals surface area (Å²) in [7, 11) is 0.